The van der Waals surface area contributed by atoms with Crippen molar-refractivity contribution in [3.63, 3.8) is 0 Å². The maximum Gasteiger partial charge on any atom is 0.418 e. The summed E-state index contributed by atoms with van der Waals surface area (Å²) >= 11 is 0. The van der Waals surface area contributed by atoms with Crippen molar-refractivity contribution in [3.8, 4) is 17.1 Å². The summed E-state index contributed by atoms with van der Waals surface area (Å²) in [4.78, 5) is 10.3. The Bertz CT molecular complexity index is 1210. The average Bonchev–Trinajstić information content (AvgIpc) is 2.77. The van der Waals surface area contributed by atoms with Gasteiger partial charge in [0.25, 0.3) is 0 Å². The maximum atomic E-state index is 13.0. The number of aliphatic hydroxyl groups is 1. The van der Waals surface area contributed by atoms with Gasteiger partial charge in [-0.1, -0.05) is 0 Å². The lowest BCUT2D eigenvalue weighted by Crippen LogP contribution is -2.57. The molecule has 1 aliphatic carbocycles. The van der Waals surface area contributed by atoms with Gasteiger partial charge in [-0.15, -0.1) is 10.2 Å². The second-order valence-corrected chi connectivity index (χ2v) is 9.45. The molecule has 34 heavy (non-hydrogen) atoms. The monoisotopic (exact) mass is 474 g/mol. The van der Waals surface area contributed by atoms with Gasteiger partial charge in [0.15, 0.2) is 5.82 Å². The van der Waals surface area contributed by atoms with Crippen molar-refractivity contribution in [3.05, 3.63) is 36.3 Å². The molecule has 0 bridgehead atoms. The van der Waals surface area contributed by atoms with E-state index in [1.807, 2.05) is 6.92 Å². The highest BCUT2D eigenvalue weighted by molar-refractivity contribution is 5.99. The summed E-state index contributed by atoms with van der Waals surface area (Å²) in [5.41, 5.74) is -1.56. The summed E-state index contributed by atoms with van der Waals surface area (Å²) in [6, 6.07) is 2.89. The normalized spacial score (nSPS) is 25.8. The number of hydrogen-bond donors (Lipinski definition) is 3. The molecule has 180 valence electrons. The van der Waals surface area contributed by atoms with E-state index in [0.717, 1.165) is 38.8 Å². The predicted octanol–water partition coefficient (Wildman–Crippen LogP) is 3.60. The molecule has 2 fully saturated rings. The summed E-state index contributed by atoms with van der Waals surface area (Å²) in [7, 11) is 0. The molecule has 0 amide bonds. The summed E-state index contributed by atoms with van der Waals surface area (Å²) in [5, 5.41) is 33.5. The van der Waals surface area contributed by atoms with Crippen molar-refractivity contribution in [2.45, 2.75) is 56.5 Å². The molecule has 1 unspecified atom stereocenters. The second-order valence-electron chi connectivity index (χ2n) is 9.45. The van der Waals surface area contributed by atoms with Crippen LogP contribution in [0.25, 0.3) is 22.2 Å². The molecule has 1 saturated carbocycles. The lowest BCUT2D eigenvalue weighted by Gasteiger charge is -2.49. The number of piperidine rings is 1. The van der Waals surface area contributed by atoms with Gasteiger partial charge in [0.1, 0.15) is 17.1 Å². The first kappa shape index (κ1) is 22.7. The smallest absolute Gasteiger partial charge is 0.418 e. The number of fused-ring (bicyclic) bond motifs is 1. The Labute approximate surface area is 193 Å². The van der Waals surface area contributed by atoms with Crippen molar-refractivity contribution in [2.75, 3.05) is 18.4 Å². The molecular formula is C23H25F3N6O2. The Balaban J connectivity index is 1.41. The highest BCUT2D eigenvalue weighted by atomic mass is 19.4. The van der Waals surface area contributed by atoms with Gasteiger partial charge in [0.05, 0.1) is 11.2 Å². The molecule has 0 aromatic carbocycles. The molecule has 8 nitrogen and oxygen atoms in total. The van der Waals surface area contributed by atoms with Crippen LogP contribution < -0.4 is 5.32 Å². The summed E-state index contributed by atoms with van der Waals surface area (Å²) in [6.45, 7) is 3.68. The summed E-state index contributed by atoms with van der Waals surface area (Å²) in [6.07, 6.45) is 2.70. The molecule has 0 radical (unpaired) electrons. The number of alkyl halides is 3. The minimum Gasteiger partial charge on any atom is -0.506 e. The first-order chi connectivity index (χ1) is 16.1. The molecule has 0 spiro atoms. The molecule has 3 aromatic heterocycles. The molecule has 1 saturated heterocycles. The van der Waals surface area contributed by atoms with Crippen LogP contribution in [-0.2, 0) is 6.18 Å². The van der Waals surface area contributed by atoms with Crippen LogP contribution in [0.4, 0.5) is 19.0 Å². The number of nitrogens with zero attached hydrogens (tertiary/aromatic N) is 5. The first-order valence-corrected chi connectivity index (χ1v) is 11.2. The Morgan fingerprint density at radius 3 is 2.65 bits per heavy atom. The zero-order chi connectivity index (χ0) is 24.1. The van der Waals surface area contributed by atoms with Gasteiger partial charge < -0.3 is 15.5 Å². The van der Waals surface area contributed by atoms with Crippen LogP contribution in [0.5, 0.6) is 5.75 Å². The molecule has 3 aromatic rings. The van der Waals surface area contributed by atoms with E-state index in [-0.39, 0.29) is 17.4 Å². The fourth-order valence-electron chi connectivity index (χ4n) is 4.93. The Kier molecular flexibility index (Phi) is 5.56. The van der Waals surface area contributed by atoms with Crippen molar-refractivity contribution in [2.24, 2.45) is 0 Å². The number of anilines is 1. The van der Waals surface area contributed by atoms with E-state index < -0.39 is 23.1 Å². The van der Waals surface area contributed by atoms with Crippen LogP contribution in [0, 0.1) is 0 Å². The number of likely N-dealkylation sites (tertiary alicyclic amines) is 1. The largest absolute Gasteiger partial charge is 0.506 e. The van der Waals surface area contributed by atoms with Crippen molar-refractivity contribution < 1.29 is 23.4 Å². The van der Waals surface area contributed by atoms with Crippen LogP contribution >= 0.6 is 0 Å². The zero-order valence-corrected chi connectivity index (χ0v) is 18.5. The van der Waals surface area contributed by atoms with Gasteiger partial charge in [-0.2, -0.15) is 13.2 Å². The van der Waals surface area contributed by atoms with Crippen LogP contribution in [0.1, 0.15) is 38.2 Å². The number of nitrogens with one attached hydrogen (secondary N) is 1. The van der Waals surface area contributed by atoms with Crippen molar-refractivity contribution >= 4 is 16.6 Å². The van der Waals surface area contributed by atoms with Gasteiger partial charge >= 0.3 is 6.18 Å². The third-order valence-electron chi connectivity index (χ3n) is 6.66. The van der Waals surface area contributed by atoms with Crippen molar-refractivity contribution in [1.82, 2.24) is 25.1 Å². The standard InChI is InChI=1S/C23H25F3N6O2/c1-22(34)8-15(9-22)32-6-2-3-14(12-32)29-21-16-4-5-27-11-17(16)19(30-31-21)20-18(33)7-13(10-28-20)23(24,25)26/h4-5,7,10-11,14-15,33-34H,2-3,6,8-9,12H2,1H3,(H,29,31). The summed E-state index contributed by atoms with van der Waals surface area (Å²) in [5.74, 6) is -0.0886. The van der Waals surface area contributed by atoms with Gasteiger partial charge in [-0.25, -0.2) is 4.98 Å². The van der Waals surface area contributed by atoms with E-state index in [1.54, 1.807) is 12.3 Å². The molecular weight excluding hydrogens is 449 g/mol. The fraction of sp³-hybridized carbons (Fsp3) is 0.478. The quantitative estimate of drug-likeness (QED) is 0.527. The number of pyridine rings is 2. The van der Waals surface area contributed by atoms with E-state index in [9.17, 15) is 23.4 Å². The van der Waals surface area contributed by atoms with Gasteiger partial charge in [-0.3, -0.25) is 9.88 Å². The highest BCUT2D eigenvalue weighted by Crippen LogP contribution is 2.38. The van der Waals surface area contributed by atoms with Crippen molar-refractivity contribution in [1.29, 1.82) is 0 Å². The van der Waals surface area contributed by atoms with Crippen LogP contribution in [0.2, 0.25) is 0 Å². The van der Waals surface area contributed by atoms with E-state index in [2.05, 4.69) is 30.4 Å². The van der Waals surface area contributed by atoms with Crippen LogP contribution in [0.15, 0.2) is 30.7 Å². The SMILES string of the molecule is CC1(O)CC(N2CCCC(Nc3nnc(-c4ncc(C(F)(F)F)cc4O)c4cnccc34)C2)C1. The van der Waals surface area contributed by atoms with Gasteiger partial charge in [-0.05, 0) is 51.3 Å². The maximum absolute atomic E-state index is 13.0. The fourth-order valence-corrected chi connectivity index (χ4v) is 4.93. The Morgan fingerprint density at radius 2 is 1.94 bits per heavy atom. The number of aromatic nitrogens is 4. The number of rotatable bonds is 4. The first-order valence-electron chi connectivity index (χ1n) is 11.2. The number of hydrogen-bond acceptors (Lipinski definition) is 8. The predicted molar refractivity (Wildman–Crippen MR) is 119 cm³/mol. The van der Waals surface area contributed by atoms with E-state index >= 15 is 0 Å². The minimum atomic E-state index is -4.62. The van der Waals surface area contributed by atoms with E-state index in [4.69, 9.17) is 0 Å². The van der Waals surface area contributed by atoms with Crippen LogP contribution in [-0.4, -0.2) is 66.1 Å². The molecule has 1 atom stereocenters. The second kappa shape index (κ2) is 8.31. The average molecular weight is 474 g/mol. The molecule has 2 aliphatic rings. The highest BCUT2D eigenvalue weighted by Gasteiger charge is 2.42. The third-order valence-corrected chi connectivity index (χ3v) is 6.66. The van der Waals surface area contributed by atoms with E-state index in [0.29, 0.717) is 34.9 Å². The zero-order valence-electron chi connectivity index (χ0n) is 18.5. The minimum absolute atomic E-state index is 0.0917. The number of halogens is 3. The number of aromatic hydroxyl groups is 1. The molecule has 11 heteroatoms. The van der Waals surface area contributed by atoms with E-state index in [1.165, 1.54) is 6.20 Å². The summed E-state index contributed by atoms with van der Waals surface area (Å²) < 4.78 is 38.9. The van der Waals surface area contributed by atoms with Gasteiger partial charge in [0.2, 0.25) is 0 Å². The lowest BCUT2D eigenvalue weighted by molar-refractivity contribution is -0.137. The lowest BCUT2D eigenvalue weighted by atomic mass is 9.76. The molecule has 4 heterocycles. The topological polar surface area (TPSA) is 107 Å². The molecule has 3 N–H and O–H groups in total. The Hall–Kier alpha value is -3.05. The van der Waals surface area contributed by atoms with Crippen LogP contribution in [0.3, 0.4) is 0 Å². The molecule has 5 rings (SSSR count). The third kappa shape index (κ3) is 4.37. The molecule has 1 aliphatic heterocycles. The Morgan fingerprint density at radius 1 is 1.15 bits per heavy atom. The van der Waals surface area contributed by atoms with Gasteiger partial charge in [0, 0.05) is 48.0 Å².